The van der Waals surface area contributed by atoms with Gasteiger partial charge in [-0.2, -0.15) is 26.3 Å². The molecule has 1 saturated heterocycles. The zero-order chi connectivity index (χ0) is 32.2. The molecule has 0 bridgehead atoms. The molecule has 1 fully saturated rings. The van der Waals surface area contributed by atoms with Crippen LogP contribution < -0.4 is 10.6 Å². The molecular weight excluding hydrogens is 602 g/mol. The Balaban J connectivity index is 1.44. The molecule has 1 aliphatic heterocycles. The molecule has 3 aromatic carbocycles. The normalized spacial score (nSPS) is 16.9. The fraction of sp³-hybridized carbons (Fsp3) is 0.375. The highest BCUT2D eigenvalue weighted by atomic mass is 32.1. The number of nitrogens with one attached hydrogen (secondary N) is 2. The van der Waals surface area contributed by atoms with Crippen LogP contribution in [0.4, 0.5) is 32.0 Å². The Morgan fingerprint density at radius 1 is 0.909 bits per heavy atom. The van der Waals surface area contributed by atoms with Gasteiger partial charge in [-0.15, -0.1) is 0 Å². The van der Waals surface area contributed by atoms with Gasteiger partial charge >= 0.3 is 12.4 Å². The average Bonchev–Trinajstić information content (AvgIpc) is 3.53. The molecule has 44 heavy (non-hydrogen) atoms. The second-order valence-corrected chi connectivity index (χ2v) is 12.6. The van der Waals surface area contributed by atoms with Gasteiger partial charge in [0.15, 0.2) is 5.11 Å². The minimum atomic E-state index is -5.01. The van der Waals surface area contributed by atoms with Crippen LogP contribution in [-0.4, -0.2) is 33.1 Å². The molecule has 234 valence electrons. The summed E-state index contributed by atoms with van der Waals surface area (Å²) in [6, 6.07) is 14.1. The van der Waals surface area contributed by atoms with E-state index in [1.165, 1.54) is 0 Å². The largest absolute Gasteiger partial charge is 0.416 e. The minimum absolute atomic E-state index is 0.0488. The van der Waals surface area contributed by atoms with Crippen LogP contribution in [0.3, 0.4) is 0 Å². The Hall–Kier alpha value is -3.80. The van der Waals surface area contributed by atoms with Gasteiger partial charge in [0.1, 0.15) is 6.04 Å². The summed E-state index contributed by atoms with van der Waals surface area (Å²) in [5.41, 5.74) is -1.02. The molecule has 1 aliphatic rings. The smallest absolute Gasteiger partial charge is 0.350 e. The van der Waals surface area contributed by atoms with Crippen LogP contribution in [-0.2, 0) is 24.2 Å². The Labute approximate surface area is 256 Å². The molecule has 2 N–H and O–H groups in total. The second kappa shape index (κ2) is 11.3. The van der Waals surface area contributed by atoms with E-state index in [4.69, 9.17) is 12.2 Å². The maximum atomic E-state index is 14.2. The molecule has 5 nitrogen and oxygen atoms in total. The third-order valence-corrected chi connectivity index (χ3v) is 8.32. The second-order valence-electron chi connectivity index (χ2n) is 12.2. The van der Waals surface area contributed by atoms with Gasteiger partial charge in [-0.1, -0.05) is 51.1 Å². The van der Waals surface area contributed by atoms with Crippen molar-refractivity contribution in [3.8, 4) is 0 Å². The standard InChI is InChI=1S/C32H32F6N4OS/c1-30(2,3)27(40-29(44)39-20-16-18(31(33,34)35)15-19(17-20)32(36,37)38)28(43)42-14-8-13-24(42)22-10-7-12-25-26(22)21-9-5-6-11-23(21)41(25)4/h5-7,9-12,15-17,24,27H,8,13-14H2,1-4H3,(H2,39,40,44)/t24-,27-/m1/s1. The number of hydrogen-bond donors (Lipinski definition) is 2. The van der Waals surface area contributed by atoms with Gasteiger partial charge in [-0.3, -0.25) is 4.79 Å². The third kappa shape index (κ3) is 6.09. The monoisotopic (exact) mass is 634 g/mol. The molecule has 0 spiro atoms. The molecule has 2 atom stereocenters. The molecule has 0 aliphatic carbocycles. The Kier molecular flexibility index (Phi) is 8.11. The van der Waals surface area contributed by atoms with Crippen LogP contribution >= 0.6 is 12.2 Å². The lowest BCUT2D eigenvalue weighted by Crippen LogP contribution is -2.55. The molecule has 1 amide bonds. The van der Waals surface area contributed by atoms with E-state index in [-0.39, 0.29) is 23.1 Å². The first-order valence-electron chi connectivity index (χ1n) is 14.1. The summed E-state index contributed by atoms with van der Waals surface area (Å²) in [5.74, 6) is -0.263. The molecule has 12 heteroatoms. The Bertz CT molecular complexity index is 1700. The number of aromatic nitrogens is 1. The first-order valence-corrected chi connectivity index (χ1v) is 14.5. The maximum absolute atomic E-state index is 14.2. The summed E-state index contributed by atoms with van der Waals surface area (Å²) in [6.07, 6.45) is -8.51. The van der Waals surface area contributed by atoms with E-state index in [1.54, 1.807) is 4.90 Å². The van der Waals surface area contributed by atoms with E-state index in [2.05, 4.69) is 21.3 Å². The van der Waals surface area contributed by atoms with Crippen molar-refractivity contribution in [3.63, 3.8) is 0 Å². The average molecular weight is 635 g/mol. The Morgan fingerprint density at radius 3 is 2.14 bits per heavy atom. The number of anilines is 1. The van der Waals surface area contributed by atoms with E-state index >= 15 is 0 Å². The van der Waals surface area contributed by atoms with E-state index in [9.17, 15) is 31.1 Å². The number of aryl methyl sites for hydroxylation is 1. The van der Waals surface area contributed by atoms with Crippen LogP contribution in [0.2, 0.25) is 0 Å². The number of carbonyl (C=O) groups is 1. The summed E-state index contributed by atoms with van der Waals surface area (Å²) in [4.78, 5) is 16.0. The van der Waals surface area contributed by atoms with Crippen LogP contribution in [0.5, 0.6) is 0 Å². The predicted molar refractivity (Wildman–Crippen MR) is 163 cm³/mol. The van der Waals surface area contributed by atoms with Gasteiger partial charge < -0.3 is 20.1 Å². The molecule has 2 heterocycles. The summed E-state index contributed by atoms with van der Waals surface area (Å²) in [5, 5.41) is 7.24. The highest BCUT2D eigenvalue weighted by Crippen LogP contribution is 2.41. The number of nitrogens with zero attached hydrogens (tertiary/aromatic N) is 2. The van der Waals surface area contributed by atoms with Crippen LogP contribution in [0.15, 0.2) is 60.7 Å². The van der Waals surface area contributed by atoms with Gasteiger partial charge in [0, 0.05) is 41.1 Å². The molecule has 1 aromatic heterocycles. The van der Waals surface area contributed by atoms with Crippen LogP contribution in [0, 0.1) is 5.41 Å². The lowest BCUT2D eigenvalue weighted by atomic mass is 9.85. The summed E-state index contributed by atoms with van der Waals surface area (Å²) >= 11 is 5.33. The van der Waals surface area contributed by atoms with Crippen molar-refractivity contribution in [1.82, 2.24) is 14.8 Å². The molecule has 0 saturated carbocycles. The number of likely N-dealkylation sites (tertiary alicyclic amines) is 1. The zero-order valence-corrected chi connectivity index (χ0v) is 25.3. The van der Waals surface area contributed by atoms with Gasteiger partial charge in [-0.05, 0) is 66.4 Å². The number of alkyl halides is 6. The number of carbonyl (C=O) groups excluding carboxylic acids is 1. The highest BCUT2D eigenvalue weighted by molar-refractivity contribution is 7.80. The number of amides is 1. The van der Waals surface area contributed by atoms with Crippen LogP contribution in [0.25, 0.3) is 21.8 Å². The van der Waals surface area contributed by atoms with Crippen molar-refractivity contribution < 1.29 is 31.1 Å². The number of fused-ring (bicyclic) bond motifs is 3. The minimum Gasteiger partial charge on any atom is -0.350 e. The number of thiocarbonyl (C=S) groups is 1. The molecule has 5 rings (SSSR count). The summed E-state index contributed by atoms with van der Waals surface area (Å²) in [6.45, 7) is 5.93. The highest BCUT2D eigenvalue weighted by Gasteiger charge is 2.41. The number of benzene rings is 3. The third-order valence-electron chi connectivity index (χ3n) is 8.10. The van der Waals surface area contributed by atoms with Crippen molar-refractivity contribution in [2.45, 2.75) is 58.0 Å². The quantitative estimate of drug-likeness (QED) is 0.175. The molecule has 4 aromatic rings. The molecule has 0 unspecified atom stereocenters. The van der Waals surface area contributed by atoms with Gasteiger partial charge in [-0.25, -0.2) is 0 Å². The zero-order valence-electron chi connectivity index (χ0n) is 24.5. The van der Waals surface area contributed by atoms with E-state index in [0.29, 0.717) is 18.7 Å². The lowest BCUT2D eigenvalue weighted by molar-refractivity contribution is -0.143. The van der Waals surface area contributed by atoms with Gasteiger partial charge in [0.05, 0.1) is 17.2 Å². The maximum Gasteiger partial charge on any atom is 0.416 e. The van der Waals surface area contributed by atoms with E-state index < -0.39 is 40.6 Å². The summed E-state index contributed by atoms with van der Waals surface area (Å²) in [7, 11) is 2.00. The topological polar surface area (TPSA) is 49.3 Å². The number of rotatable bonds is 4. The van der Waals surface area contributed by atoms with Gasteiger partial charge in [0.25, 0.3) is 0 Å². The van der Waals surface area contributed by atoms with Crippen molar-refractivity contribution in [2.24, 2.45) is 12.5 Å². The summed E-state index contributed by atoms with van der Waals surface area (Å²) < 4.78 is 82.4. The van der Waals surface area contributed by atoms with Gasteiger partial charge in [0.2, 0.25) is 5.91 Å². The van der Waals surface area contributed by atoms with Crippen molar-refractivity contribution in [1.29, 1.82) is 0 Å². The fourth-order valence-corrected chi connectivity index (χ4v) is 6.24. The van der Waals surface area contributed by atoms with E-state index in [1.807, 2.05) is 64.2 Å². The number of hydrogen-bond acceptors (Lipinski definition) is 2. The molecular formula is C32H32F6N4OS. The number of para-hydroxylation sites is 1. The first-order chi connectivity index (χ1) is 20.5. The predicted octanol–water partition coefficient (Wildman–Crippen LogP) is 8.43. The van der Waals surface area contributed by atoms with E-state index in [0.717, 1.165) is 40.2 Å². The van der Waals surface area contributed by atoms with Crippen LogP contribution in [0.1, 0.15) is 56.3 Å². The van der Waals surface area contributed by atoms with Crippen molar-refractivity contribution >= 4 is 50.7 Å². The first kappa shape index (κ1) is 31.6. The molecule has 0 radical (unpaired) electrons. The van der Waals surface area contributed by atoms with Crippen molar-refractivity contribution in [2.75, 3.05) is 11.9 Å². The number of halogens is 6. The van der Waals surface area contributed by atoms with Crippen molar-refractivity contribution in [3.05, 3.63) is 77.4 Å². The Morgan fingerprint density at radius 2 is 1.52 bits per heavy atom. The lowest BCUT2D eigenvalue weighted by Gasteiger charge is -2.36. The SMILES string of the molecule is Cn1c2ccccc2c2c([C@H]3CCCN3C(=O)[C@@H](NC(=S)Nc3cc(C(F)(F)F)cc(C(F)(F)F)c3)C(C)(C)C)cccc21. The fourth-order valence-electron chi connectivity index (χ4n) is 6.01.